The number of aliphatic carboxylic acids is 1. The quantitative estimate of drug-likeness (QED) is 0.593. The molecule has 0 atom stereocenters. The van der Waals surface area contributed by atoms with Gasteiger partial charge in [0.15, 0.2) is 15.6 Å². The highest BCUT2D eigenvalue weighted by atomic mass is 32.2. The Balaban J connectivity index is 1.87. The third kappa shape index (κ3) is 3.37. The lowest BCUT2D eigenvalue weighted by Crippen LogP contribution is -2.30. The first-order valence-electron chi connectivity index (χ1n) is 9.78. The lowest BCUT2D eigenvalue weighted by molar-refractivity contribution is -0.136. The fraction of sp³-hybridized carbons (Fsp3) is 0.261. The number of aromatic nitrogens is 1. The van der Waals surface area contributed by atoms with E-state index in [0.717, 1.165) is 22.2 Å². The van der Waals surface area contributed by atoms with Gasteiger partial charge in [-0.3, -0.25) is 14.6 Å². The molecule has 0 amide bonds. The van der Waals surface area contributed by atoms with E-state index < -0.39 is 33.4 Å². The average Bonchev–Trinajstić information content (AvgIpc) is 3.11. The molecular weight excluding hydrogens is 416 g/mol. The highest BCUT2D eigenvalue weighted by Crippen LogP contribution is 2.44. The van der Waals surface area contributed by atoms with Gasteiger partial charge in [-0.15, -0.1) is 0 Å². The molecule has 7 nitrogen and oxygen atoms in total. The molecule has 8 heteroatoms. The monoisotopic (exact) mass is 438 g/mol. The Labute approximate surface area is 179 Å². The van der Waals surface area contributed by atoms with Gasteiger partial charge in [-0.25, -0.2) is 8.42 Å². The maximum Gasteiger partial charge on any atom is 0.304 e. The summed E-state index contributed by atoms with van der Waals surface area (Å²) in [7, 11) is -2.10. The number of rotatable bonds is 5. The molecule has 2 N–H and O–H groups in total. The van der Waals surface area contributed by atoms with Crippen LogP contribution in [0.15, 0.2) is 46.3 Å². The van der Waals surface area contributed by atoms with E-state index in [2.05, 4.69) is 9.98 Å². The number of hydrogen-bond donors (Lipinski definition) is 2. The zero-order valence-electron chi connectivity index (χ0n) is 17.4. The summed E-state index contributed by atoms with van der Waals surface area (Å²) in [5.41, 5.74) is 3.43. The van der Waals surface area contributed by atoms with Crippen LogP contribution in [-0.4, -0.2) is 49.3 Å². The number of nitrogens with zero attached hydrogens (tertiary/aromatic N) is 1. The summed E-state index contributed by atoms with van der Waals surface area (Å²) in [5, 5.41) is 9.65. The lowest BCUT2D eigenvalue weighted by Gasteiger charge is -2.32. The number of hydrogen-bond acceptors (Lipinski definition) is 5. The second-order valence-corrected chi connectivity index (χ2v) is 10.3. The molecule has 1 heterocycles. The van der Waals surface area contributed by atoms with Gasteiger partial charge < -0.3 is 10.1 Å². The second kappa shape index (κ2) is 7.16. The van der Waals surface area contributed by atoms with Crippen molar-refractivity contribution in [2.75, 3.05) is 12.8 Å². The van der Waals surface area contributed by atoms with Crippen molar-refractivity contribution < 1.29 is 23.1 Å². The van der Waals surface area contributed by atoms with Crippen LogP contribution in [0.4, 0.5) is 0 Å². The van der Waals surface area contributed by atoms with Gasteiger partial charge in [0.25, 0.3) is 0 Å². The Hall–Kier alpha value is -3.26. The molecule has 31 heavy (non-hydrogen) atoms. The minimum absolute atomic E-state index is 0.0226. The molecule has 0 radical (unpaired) electrons. The number of nitrogens with one attached hydrogen (secondary N) is 1. The van der Waals surface area contributed by atoms with E-state index in [4.69, 9.17) is 5.11 Å². The topological polar surface area (TPSA) is 117 Å². The molecule has 3 aromatic rings. The van der Waals surface area contributed by atoms with Crippen LogP contribution in [0, 0.1) is 0 Å². The Kier molecular flexibility index (Phi) is 4.85. The van der Waals surface area contributed by atoms with Crippen molar-refractivity contribution in [3.05, 3.63) is 64.3 Å². The van der Waals surface area contributed by atoms with E-state index in [1.165, 1.54) is 18.2 Å². The van der Waals surface area contributed by atoms with Crippen LogP contribution in [0.5, 0.6) is 0 Å². The van der Waals surface area contributed by atoms with Gasteiger partial charge in [-0.2, -0.15) is 0 Å². The minimum atomic E-state index is -3.79. The fourth-order valence-corrected chi connectivity index (χ4v) is 5.44. The van der Waals surface area contributed by atoms with Crippen LogP contribution in [0.25, 0.3) is 10.9 Å². The van der Waals surface area contributed by atoms with Gasteiger partial charge in [0, 0.05) is 40.8 Å². The van der Waals surface area contributed by atoms with Crippen molar-refractivity contribution in [1.29, 1.82) is 0 Å². The van der Waals surface area contributed by atoms with Crippen molar-refractivity contribution in [1.82, 2.24) is 4.98 Å². The SMILES string of the molecule is CN=Cc1ccc2c3c([nH]c2c1)C(C)(C)c1cc(S(=O)(=O)CCC(=O)O)ccc1C3=O. The molecule has 160 valence electrons. The summed E-state index contributed by atoms with van der Waals surface area (Å²) in [6.07, 6.45) is 1.26. The summed E-state index contributed by atoms with van der Waals surface area (Å²) in [6.45, 7) is 3.88. The van der Waals surface area contributed by atoms with Crippen molar-refractivity contribution in [2.45, 2.75) is 30.6 Å². The Morgan fingerprint density at radius 2 is 1.94 bits per heavy atom. The van der Waals surface area contributed by atoms with Crippen LogP contribution in [0.1, 0.15) is 53.0 Å². The fourth-order valence-electron chi connectivity index (χ4n) is 4.19. The molecule has 0 bridgehead atoms. The molecule has 0 unspecified atom stereocenters. The zero-order valence-corrected chi connectivity index (χ0v) is 18.2. The molecule has 0 aliphatic heterocycles. The summed E-state index contributed by atoms with van der Waals surface area (Å²) < 4.78 is 25.3. The standard InChI is InChI=1S/C23H22N2O5S/c1-23(2)17-11-14(31(29,30)9-8-19(26)27)5-7-15(17)21(28)20-16-6-4-13(12-24-3)10-18(16)25-22(20)23/h4-7,10-12,25H,8-9H2,1-3H3,(H,26,27). The highest BCUT2D eigenvalue weighted by molar-refractivity contribution is 7.91. The molecule has 0 saturated carbocycles. The van der Waals surface area contributed by atoms with Crippen LogP contribution < -0.4 is 0 Å². The maximum atomic E-state index is 13.4. The minimum Gasteiger partial charge on any atom is -0.481 e. The number of aromatic amines is 1. The highest BCUT2D eigenvalue weighted by Gasteiger charge is 2.40. The van der Waals surface area contributed by atoms with Crippen molar-refractivity contribution in [3.63, 3.8) is 0 Å². The molecule has 0 saturated heterocycles. The third-order valence-electron chi connectivity index (χ3n) is 5.81. The van der Waals surface area contributed by atoms with Gasteiger partial charge >= 0.3 is 5.97 Å². The Morgan fingerprint density at radius 3 is 2.61 bits per heavy atom. The summed E-state index contributed by atoms with van der Waals surface area (Å²) in [5.74, 6) is -1.83. The number of carbonyl (C=O) groups is 2. The van der Waals surface area contributed by atoms with Crippen LogP contribution >= 0.6 is 0 Å². The molecular formula is C23H22N2O5S. The van der Waals surface area contributed by atoms with Gasteiger partial charge in [-0.05, 0) is 35.4 Å². The number of ketones is 1. The molecule has 1 aliphatic rings. The molecule has 2 aromatic carbocycles. The Morgan fingerprint density at radius 1 is 1.19 bits per heavy atom. The average molecular weight is 439 g/mol. The van der Waals surface area contributed by atoms with Gasteiger partial charge in [0.05, 0.1) is 22.6 Å². The van der Waals surface area contributed by atoms with E-state index in [-0.39, 0.29) is 10.7 Å². The van der Waals surface area contributed by atoms with Crippen LogP contribution in [-0.2, 0) is 20.0 Å². The van der Waals surface area contributed by atoms with E-state index in [1.807, 2.05) is 32.0 Å². The van der Waals surface area contributed by atoms with Crippen molar-refractivity contribution in [2.24, 2.45) is 4.99 Å². The predicted molar refractivity (Wildman–Crippen MR) is 118 cm³/mol. The van der Waals surface area contributed by atoms with Crippen molar-refractivity contribution >= 4 is 38.7 Å². The van der Waals surface area contributed by atoms with Gasteiger partial charge in [0.2, 0.25) is 0 Å². The van der Waals surface area contributed by atoms with E-state index in [9.17, 15) is 18.0 Å². The van der Waals surface area contributed by atoms with E-state index in [0.29, 0.717) is 16.7 Å². The number of benzene rings is 2. The largest absolute Gasteiger partial charge is 0.481 e. The van der Waals surface area contributed by atoms with E-state index >= 15 is 0 Å². The molecule has 4 rings (SSSR count). The predicted octanol–water partition coefficient (Wildman–Crippen LogP) is 3.34. The number of carboxylic acid groups (broad SMARTS) is 1. The number of carbonyl (C=O) groups excluding carboxylic acids is 1. The lowest BCUT2D eigenvalue weighted by atomic mass is 9.71. The van der Waals surface area contributed by atoms with Crippen LogP contribution in [0.2, 0.25) is 0 Å². The van der Waals surface area contributed by atoms with Crippen LogP contribution in [0.3, 0.4) is 0 Å². The number of aliphatic imine (C=N–C) groups is 1. The molecule has 0 fully saturated rings. The number of H-pyrrole nitrogens is 1. The smallest absolute Gasteiger partial charge is 0.304 e. The summed E-state index contributed by atoms with van der Waals surface area (Å²) >= 11 is 0. The molecule has 0 spiro atoms. The molecule has 1 aliphatic carbocycles. The van der Waals surface area contributed by atoms with Gasteiger partial charge in [0.1, 0.15) is 0 Å². The zero-order chi connectivity index (χ0) is 22.6. The maximum absolute atomic E-state index is 13.4. The van der Waals surface area contributed by atoms with Crippen molar-refractivity contribution in [3.8, 4) is 0 Å². The molecule has 1 aromatic heterocycles. The second-order valence-electron chi connectivity index (χ2n) is 8.19. The number of carboxylic acids is 1. The Bertz CT molecular complexity index is 1380. The van der Waals surface area contributed by atoms with E-state index in [1.54, 1.807) is 13.3 Å². The summed E-state index contributed by atoms with van der Waals surface area (Å²) in [6, 6.07) is 10.2. The first-order valence-corrected chi connectivity index (χ1v) is 11.4. The normalized spacial score (nSPS) is 15.3. The third-order valence-corrected chi connectivity index (χ3v) is 7.52. The first kappa shape index (κ1) is 21.0. The summed E-state index contributed by atoms with van der Waals surface area (Å²) in [4.78, 5) is 31.6. The number of sulfone groups is 1. The first-order chi connectivity index (χ1) is 14.6. The van der Waals surface area contributed by atoms with Gasteiger partial charge in [-0.1, -0.05) is 26.0 Å². The number of fused-ring (bicyclic) bond motifs is 4.